The van der Waals surface area contributed by atoms with E-state index in [1.54, 1.807) is 17.9 Å². The number of nitrogens with one attached hydrogen (secondary N) is 1. The summed E-state index contributed by atoms with van der Waals surface area (Å²) in [6.07, 6.45) is 1.14. The van der Waals surface area contributed by atoms with Gasteiger partial charge in [0.05, 0.1) is 19.6 Å². The predicted octanol–water partition coefficient (Wildman–Crippen LogP) is 0.568. The maximum absolute atomic E-state index is 12.4. The number of hydrogen-bond acceptors (Lipinski definition) is 8. The zero-order valence-electron chi connectivity index (χ0n) is 14.4. The van der Waals surface area contributed by atoms with Crippen LogP contribution in [0.5, 0.6) is 0 Å². The number of fused-ring (bicyclic) bond motifs is 1. The van der Waals surface area contributed by atoms with Crippen molar-refractivity contribution in [3.05, 3.63) is 35.9 Å². The third-order valence-electron chi connectivity index (χ3n) is 3.96. The SMILES string of the molecule is CP(=O)(COCCN1C=NC2C(=O)NC(N)=NC21)OCc1ccccc1. The fourth-order valence-electron chi connectivity index (χ4n) is 2.62. The second-order valence-electron chi connectivity index (χ2n) is 6.17. The zero-order chi connectivity index (χ0) is 18.6. The fraction of sp³-hybridized carbons (Fsp3) is 0.438. The molecule has 1 aromatic rings. The predicted molar refractivity (Wildman–Crippen MR) is 98.1 cm³/mol. The number of benzene rings is 1. The van der Waals surface area contributed by atoms with E-state index in [4.69, 9.17) is 15.0 Å². The molecule has 1 aromatic carbocycles. The lowest BCUT2D eigenvalue weighted by atomic mass is 10.2. The van der Waals surface area contributed by atoms with Gasteiger partial charge < -0.3 is 19.9 Å². The molecule has 0 saturated carbocycles. The molecule has 3 rings (SSSR count). The highest BCUT2D eigenvalue weighted by molar-refractivity contribution is 7.57. The van der Waals surface area contributed by atoms with Gasteiger partial charge in [0.15, 0.2) is 18.2 Å². The Kier molecular flexibility index (Phi) is 5.70. The number of carbonyl (C=O) groups is 1. The molecular formula is C16H22N5O4P. The van der Waals surface area contributed by atoms with Crippen molar-refractivity contribution in [3.63, 3.8) is 0 Å². The molecule has 0 spiro atoms. The van der Waals surface area contributed by atoms with Gasteiger partial charge in [-0.05, 0) is 5.56 Å². The number of amides is 1. The van der Waals surface area contributed by atoms with Gasteiger partial charge in [-0.3, -0.25) is 19.7 Å². The first-order valence-corrected chi connectivity index (χ1v) is 10.5. The third-order valence-corrected chi connectivity index (χ3v) is 5.28. The van der Waals surface area contributed by atoms with Crippen molar-refractivity contribution in [2.45, 2.75) is 18.8 Å². The molecule has 1 amide bonds. The summed E-state index contributed by atoms with van der Waals surface area (Å²) in [6, 6.07) is 8.96. The van der Waals surface area contributed by atoms with Crippen LogP contribution in [0.25, 0.3) is 0 Å². The summed E-state index contributed by atoms with van der Waals surface area (Å²) < 4.78 is 23.4. The minimum absolute atomic E-state index is 0.0187. The molecule has 3 unspecified atom stereocenters. The highest BCUT2D eigenvalue weighted by atomic mass is 31.2. The van der Waals surface area contributed by atoms with Crippen LogP contribution in [0.4, 0.5) is 0 Å². The van der Waals surface area contributed by atoms with E-state index in [9.17, 15) is 9.36 Å². The summed E-state index contributed by atoms with van der Waals surface area (Å²) in [7, 11) is -2.85. The second kappa shape index (κ2) is 7.99. The van der Waals surface area contributed by atoms with Crippen LogP contribution in [-0.2, 0) is 25.2 Å². The Labute approximate surface area is 151 Å². The summed E-state index contributed by atoms with van der Waals surface area (Å²) in [4.78, 5) is 21.9. The van der Waals surface area contributed by atoms with E-state index >= 15 is 0 Å². The first kappa shape index (κ1) is 18.6. The molecule has 26 heavy (non-hydrogen) atoms. The molecule has 9 nitrogen and oxygen atoms in total. The Morgan fingerprint density at radius 3 is 2.88 bits per heavy atom. The highest BCUT2D eigenvalue weighted by Gasteiger charge is 2.39. The Balaban J connectivity index is 1.41. The molecule has 0 saturated heterocycles. The molecule has 2 aliphatic rings. The Bertz CT molecular complexity index is 754. The van der Waals surface area contributed by atoms with Crippen molar-refractivity contribution in [2.24, 2.45) is 15.7 Å². The summed E-state index contributed by atoms with van der Waals surface area (Å²) in [5.74, 6) is -0.186. The molecule has 3 N–H and O–H groups in total. The van der Waals surface area contributed by atoms with Crippen LogP contribution in [0.3, 0.4) is 0 Å². The van der Waals surface area contributed by atoms with Crippen molar-refractivity contribution >= 4 is 25.6 Å². The van der Waals surface area contributed by atoms with Crippen LogP contribution in [0.1, 0.15) is 5.56 Å². The van der Waals surface area contributed by atoms with Crippen LogP contribution >= 0.6 is 7.37 Å². The van der Waals surface area contributed by atoms with Crippen LogP contribution in [0.15, 0.2) is 40.3 Å². The number of guanidine groups is 1. The number of nitrogens with zero attached hydrogens (tertiary/aromatic N) is 3. The van der Waals surface area contributed by atoms with Gasteiger partial charge in [0.25, 0.3) is 5.91 Å². The molecule has 10 heteroatoms. The van der Waals surface area contributed by atoms with Crippen molar-refractivity contribution in [1.29, 1.82) is 0 Å². The van der Waals surface area contributed by atoms with E-state index in [0.717, 1.165) is 5.56 Å². The molecule has 0 fully saturated rings. The molecule has 3 atom stereocenters. The van der Waals surface area contributed by atoms with Crippen molar-refractivity contribution in [1.82, 2.24) is 10.2 Å². The maximum Gasteiger partial charge on any atom is 0.255 e. The van der Waals surface area contributed by atoms with E-state index in [0.29, 0.717) is 13.2 Å². The van der Waals surface area contributed by atoms with E-state index in [1.807, 2.05) is 30.3 Å². The van der Waals surface area contributed by atoms with Crippen molar-refractivity contribution in [3.8, 4) is 0 Å². The average Bonchev–Trinajstić information content (AvgIpc) is 3.01. The lowest BCUT2D eigenvalue weighted by Gasteiger charge is -2.27. The number of carbonyl (C=O) groups excluding carboxylic acids is 1. The number of hydrogen-bond donors (Lipinski definition) is 2. The molecular weight excluding hydrogens is 357 g/mol. The third kappa shape index (κ3) is 4.69. The monoisotopic (exact) mass is 379 g/mol. The maximum atomic E-state index is 12.4. The first-order chi connectivity index (χ1) is 12.4. The molecule has 0 radical (unpaired) electrons. The van der Waals surface area contributed by atoms with Gasteiger partial charge in [0, 0.05) is 13.2 Å². The summed E-state index contributed by atoms with van der Waals surface area (Å²) in [6.45, 7) is 2.59. The largest absolute Gasteiger partial charge is 0.370 e. The minimum atomic E-state index is -2.85. The molecule has 2 heterocycles. The highest BCUT2D eigenvalue weighted by Crippen LogP contribution is 2.43. The summed E-state index contributed by atoms with van der Waals surface area (Å²) in [5, 5.41) is 2.45. The van der Waals surface area contributed by atoms with Gasteiger partial charge in [-0.2, -0.15) is 0 Å². The Morgan fingerprint density at radius 1 is 1.35 bits per heavy atom. The summed E-state index contributed by atoms with van der Waals surface area (Å²) in [5.41, 5.74) is 6.55. The van der Waals surface area contributed by atoms with Crippen LogP contribution in [0, 0.1) is 0 Å². The van der Waals surface area contributed by atoms with E-state index in [2.05, 4.69) is 15.3 Å². The number of nitrogens with two attached hydrogens (primary N) is 1. The number of ether oxygens (including phenoxy) is 1. The van der Waals surface area contributed by atoms with Crippen molar-refractivity contribution in [2.75, 3.05) is 26.2 Å². The van der Waals surface area contributed by atoms with Gasteiger partial charge in [-0.1, -0.05) is 30.3 Å². The van der Waals surface area contributed by atoms with Crippen LogP contribution < -0.4 is 11.1 Å². The zero-order valence-corrected chi connectivity index (χ0v) is 15.3. The molecule has 140 valence electrons. The lowest BCUT2D eigenvalue weighted by Crippen LogP contribution is -2.54. The first-order valence-electron chi connectivity index (χ1n) is 8.20. The van der Waals surface area contributed by atoms with Crippen LogP contribution in [-0.4, -0.2) is 61.5 Å². The molecule has 0 aromatic heterocycles. The van der Waals surface area contributed by atoms with E-state index in [1.165, 1.54) is 0 Å². The molecule has 0 aliphatic carbocycles. The smallest absolute Gasteiger partial charge is 0.255 e. The van der Waals surface area contributed by atoms with Crippen LogP contribution in [0.2, 0.25) is 0 Å². The fourth-order valence-corrected chi connectivity index (χ4v) is 3.58. The second-order valence-corrected chi connectivity index (χ2v) is 8.72. The lowest BCUT2D eigenvalue weighted by molar-refractivity contribution is -0.122. The Hall–Kier alpha value is -2.22. The number of aliphatic imine (C=N–C) groups is 2. The standard InChI is InChI=1S/C16H22N5O4P/c1-26(23,25-9-12-5-3-2-4-6-12)11-24-8-7-21-10-18-13-14(21)19-16(17)20-15(13)22/h2-6,10,13-14H,7-9,11H2,1H3,(H3,17,19,20,22). The number of rotatable bonds is 8. The Morgan fingerprint density at radius 2 is 2.12 bits per heavy atom. The molecule has 0 bridgehead atoms. The minimum Gasteiger partial charge on any atom is -0.370 e. The van der Waals surface area contributed by atoms with E-state index < -0.39 is 19.6 Å². The van der Waals surface area contributed by atoms with E-state index in [-0.39, 0.29) is 24.8 Å². The normalized spacial score (nSPS) is 24.0. The quantitative estimate of drug-likeness (QED) is 0.503. The van der Waals surface area contributed by atoms with Crippen molar-refractivity contribution < 1.29 is 18.6 Å². The average molecular weight is 379 g/mol. The molecule has 2 aliphatic heterocycles. The topological polar surface area (TPSA) is 119 Å². The van der Waals surface area contributed by atoms with Gasteiger partial charge in [-0.25, -0.2) is 4.99 Å². The van der Waals surface area contributed by atoms with Gasteiger partial charge >= 0.3 is 0 Å². The van der Waals surface area contributed by atoms with Gasteiger partial charge in [0.1, 0.15) is 6.35 Å². The van der Waals surface area contributed by atoms with Gasteiger partial charge in [0.2, 0.25) is 7.37 Å². The van der Waals surface area contributed by atoms with Gasteiger partial charge in [-0.15, -0.1) is 0 Å². The summed E-state index contributed by atoms with van der Waals surface area (Å²) >= 11 is 0.